The number of halogens is 2. The zero-order valence-corrected chi connectivity index (χ0v) is 8.60. The van der Waals surface area contributed by atoms with Gasteiger partial charge >= 0.3 is 0 Å². The maximum absolute atomic E-state index is 11.4. The van der Waals surface area contributed by atoms with Crippen LogP contribution in [-0.2, 0) is 0 Å². The molecule has 0 spiro atoms. The number of nitrogens with zero attached hydrogens (tertiary/aromatic N) is 3. The Bertz CT molecular complexity index is 341. The molecule has 70 valence electrons. The Morgan fingerprint density at radius 1 is 1.46 bits per heavy atom. The molecule has 0 radical (unpaired) electrons. The van der Waals surface area contributed by atoms with Crippen LogP contribution in [0.1, 0.15) is 10.4 Å². The average Bonchev–Trinajstić information content (AvgIpc) is 2.03. The Labute approximate surface area is 85.5 Å². The molecule has 1 aromatic heterocycles. The number of carbonyl (C=O) groups excluding carboxylic acids is 1. The molecule has 1 aromatic rings. The van der Waals surface area contributed by atoms with Crippen molar-refractivity contribution in [3.8, 4) is 0 Å². The van der Waals surface area contributed by atoms with Gasteiger partial charge in [0.2, 0.25) is 5.28 Å². The van der Waals surface area contributed by atoms with E-state index in [1.807, 2.05) is 0 Å². The summed E-state index contributed by atoms with van der Waals surface area (Å²) in [6, 6.07) is 0. The smallest absolute Gasteiger partial charge is 0.258 e. The van der Waals surface area contributed by atoms with Gasteiger partial charge in [-0.1, -0.05) is 11.6 Å². The van der Waals surface area contributed by atoms with E-state index >= 15 is 0 Å². The summed E-state index contributed by atoms with van der Waals surface area (Å²) in [6.45, 7) is 0. The summed E-state index contributed by atoms with van der Waals surface area (Å²) < 4.78 is 0. The molecule has 0 aliphatic carbocycles. The molecule has 0 saturated carbocycles. The van der Waals surface area contributed by atoms with Crippen LogP contribution in [-0.4, -0.2) is 34.9 Å². The van der Waals surface area contributed by atoms with Crippen molar-refractivity contribution in [2.45, 2.75) is 0 Å². The third-order valence-electron chi connectivity index (χ3n) is 1.35. The van der Waals surface area contributed by atoms with Gasteiger partial charge in [0.1, 0.15) is 5.15 Å². The quantitative estimate of drug-likeness (QED) is 0.532. The third-order valence-corrected chi connectivity index (χ3v) is 1.82. The molecule has 0 aliphatic rings. The van der Waals surface area contributed by atoms with Crippen molar-refractivity contribution in [2.75, 3.05) is 14.1 Å². The molecule has 0 bridgehead atoms. The first-order chi connectivity index (χ1) is 6.02. The average molecular weight is 220 g/mol. The second-order valence-electron chi connectivity index (χ2n) is 2.54. The van der Waals surface area contributed by atoms with E-state index in [9.17, 15) is 4.79 Å². The van der Waals surface area contributed by atoms with Gasteiger partial charge in [0.15, 0.2) is 0 Å². The number of hydrogen-bond acceptors (Lipinski definition) is 3. The molecule has 13 heavy (non-hydrogen) atoms. The van der Waals surface area contributed by atoms with Gasteiger partial charge in [-0.2, -0.15) is 0 Å². The van der Waals surface area contributed by atoms with E-state index in [0.29, 0.717) is 0 Å². The van der Waals surface area contributed by atoms with Gasteiger partial charge in [0.05, 0.1) is 5.56 Å². The summed E-state index contributed by atoms with van der Waals surface area (Å²) in [6.07, 6.45) is 1.31. The van der Waals surface area contributed by atoms with Crippen LogP contribution in [0.2, 0.25) is 10.4 Å². The van der Waals surface area contributed by atoms with Crippen LogP contribution < -0.4 is 0 Å². The summed E-state index contributed by atoms with van der Waals surface area (Å²) in [4.78, 5) is 20.1. The van der Waals surface area contributed by atoms with Crippen molar-refractivity contribution in [3.05, 3.63) is 22.2 Å². The molecule has 0 N–H and O–H groups in total. The molecule has 4 nitrogen and oxygen atoms in total. The summed E-state index contributed by atoms with van der Waals surface area (Å²) in [5, 5.41) is 0.0963. The topological polar surface area (TPSA) is 46.1 Å². The molecule has 0 saturated heterocycles. The largest absolute Gasteiger partial charge is 0.345 e. The fraction of sp³-hybridized carbons (Fsp3) is 0.286. The molecular formula is C7H7Cl2N3O. The molecule has 0 aliphatic heterocycles. The monoisotopic (exact) mass is 219 g/mol. The van der Waals surface area contributed by atoms with E-state index in [1.165, 1.54) is 11.1 Å². The van der Waals surface area contributed by atoms with Crippen LogP contribution in [0.25, 0.3) is 0 Å². The van der Waals surface area contributed by atoms with E-state index < -0.39 is 0 Å². The first-order valence-corrected chi connectivity index (χ1v) is 4.17. The minimum absolute atomic E-state index is 0.0281. The Morgan fingerprint density at radius 2 is 2.08 bits per heavy atom. The summed E-state index contributed by atoms with van der Waals surface area (Å²) in [7, 11) is 3.24. The highest BCUT2D eigenvalue weighted by Crippen LogP contribution is 2.15. The van der Waals surface area contributed by atoms with E-state index in [1.54, 1.807) is 14.1 Å². The normalized spacial score (nSPS) is 9.85. The number of rotatable bonds is 1. The van der Waals surface area contributed by atoms with Crippen LogP contribution in [0.15, 0.2) is 6.20 Å². The van der Waals surface area contributed by atoms with E-state index in [0.717, 1.165) is 0 Å². The summed E-state index contributed by atoms with van der Waals surface area (Å²) >= 11 is 11.2. The van der Waals surface area contributed by atoms with Gasteiger partial charge in [-0.25, -0.2) is 9.97 Å². The van der Waals surface area contributed by atoms with Crippen molar-refractivity contribution < 1.29 is 4.79 Å². The van der Waals surface area contributed by atoms with Crippen LogP contribution in [0.4, 0.5) is 0 Å². The zero-order valence-electron chi connectivity index (χ0n) is 7.08. The van der Waals surface area contributed by atoms with Crippen molar-refractivity contribution in [2.24, 2.45) is 0 Å². The maximum Gasteiger partial charge on any atom is 0.258 e. The van der Waals surface area contributed by atoms with Crippen LogP contribution in [0.5, 0.6) is 0 Å². The van der Waals surface area contributed by atoms with Crippen molar-refractivity contribution in [1.82, 2.24) is 14.9 Å². The van der Waals surface area contributed by atoms with Crippen LogP contribution in [0, 0.1) is 0 Å². The molecule has 6 heteroatoms. The molecule has 0 unspecified atom stereocenters. The molecule has 0 aromatic carbocycles. The van der Waals surface area contributed by atoms with Gasteiger partial charge < -0.3 is 4.90 Å². The lowest BCUT2D eigenvalue weighted by molar-refractivity contribution is 0.0827. The van der Waals surface area contributed by atoms with E-state index in [2.05, 4.69) is 9.97 Å². The lowest BCUT2D eigenvalue weighted by Gasteiger charge is -2.10. The van der Waals surface area contributed by atoms with Gasteiger partial charge in [0.25, 0.3) is 5.91 Å². The molecule has 1 rings (SSSR count). The fourth-order valence-electron chi connectivity index (χ4n) is 0.726. The molecule has 1 heterocycles. The Hall–Kier alpha value is -0.870. The Morgan fingerprint density at radius 3 is 2.54 bits per heavy atom. The predicted octanol–water partition coefficient (Wildman–Crippen LogP) is 1.49. The highest BCUT2D eigenvalue weighted by molar-refractivity contribution is 6.34. The number of aromatic nitrogens is 2. The molecule has 0 fully saturated rings. The highest BCUT2D eigenvalue weighted by Gasteiger charge is 2.13. The zero-order chi connectivity index (χ0) is 10.0. The second-order valence-corrected chi connectivity index (χ2v) is 3.24. The minimum Gasteiger partial charge on any atom is -0.345 e. The van der Waals surface area contributed by atoms with Crippen molar-refractivity contribution in [1.29, 1.82) is 0 Å². The Kier molecular flexibility index (Phi) is 3.06. The third kappa shape index (κ3) is 2.29. The van der Waals surface area contributed by atoms with Gasteiger partial charge in [-0.15, -0.1) is 0 Å². The lowest BCUT2D eigenvalue weighted by atomic mass is 10.3. The molecular weight excluding hydrogens is 213 g/mol. The second kappa shape index (κ2) is 3.89. The maximum atomic E-state index is 11.4. The minimum atomic E-state index is -0.248. The van der Waals surface area contributed by atoms with E-state index in [4.69, 9.17) is 23.2 Å². The predicted molar refractivity (Wildman–Crippen MR) is 50.1 cm³/mol. The molecule has 0 atom stereocenters. The first kappa shape index (κ1) is 10.2. The SMILES string of the molecule is CN(C)C(=O)c1cnc(Cl)nc1Cl. The van der Waals surface area contributed by atoms with E-state index in [-0.39, 0.29) is 21.9 Å². The van der Waals surface area contributed by atoms with Gasteiger partial charge in [-0.3, -0.25) is 4.79 Å². The lowest BCUT2D eigenvalue weighted by Crippen LogP contribution is -2.22. The first-order valence-electron chi connectivity index (χ1n) is 3.42. The number of carbonyl (C=O) groups is 1. The Balaban J connectivity index is 3.09. The summed E-state index contributed by atoms with van der Waals surface area (Å²) in [5.74, 6) is -0.248. The van der Waals surface area contributed by atoms with Crippen molar-refractivity contribution in [3.63, 3.8) is 0 Å². The molecule has 1 amide bonds. The van der Waals surface area contributed by atoms with Crippen LogP contribution >= 0.6 is 23.2 Å². The van der Waals surface area contributed by atoms with Gasteiger partial charge in [-0.05, 0) is 11.6 Å². The summed E-state index contributed by atoms with van der Waals surface area (Å²) in [5.41, 5.74) is 0.246. The number of amides is 1. The van der Waals surface area contributed by atoms with Crippen LogP contribution in [0.3, 0.4) is 0 Å². The van der Waals surface area contributed by atoms with Crippen molar-refractivity contribution >= 4 is 29.1 Å². The highest BCUT2D eigenvalue weighted by atomic mass is 35.5. The van der Waals surface area contributed by atoms with Gasteiger partial charge in [0, 0.05) is 20.3 Å². The standard InChI is InChI=1S/C7H7Cl2N3O/c1-12(2)6(13)4-3-10-7(9)11-5(4)8/h3H,1-2H3. The number of hydrogen-bond donors (Lipinski definition) is 0. The fourth-order valence-corrected chi connectivity index (χ4v) is 1.11.